The van der Waals surface area contributed by atoms with Gasteiger partial charge in [0.05, 0.1) is 11.6 Å². The number of piperazine rings is 1. The molecule has 124 valence electrons. The first-order valence-corrected chi connectivity index (χ1v) is 8.34. The predicted molar refractivity (Wildman–Crippen MR) is 89.9 cm³/mol. The summed E-state index contributed by atoms with van der Waals surface area (Å²) in [6.45, 7) is 4.95. The molecule has 2 heterocycles. The maximum absolute atomic E-state index is 12.7. The minimum atomic E-state index is -0.164. The number of furan rings is 1. The summed E-state index contributed by atoms with van der Waals surface area (Å²) >= 11 is 6.31. The van der Waals surface area contributed by atoms with Crippen LogP contribution in [0, 0.1) is 0 Å². The number of benzene rings is 1. The summed E-state index contributed by atoms with van der Waals surface area (Å²) in [7, 11) is 0. The highest BCUT2D eigenvalue weighted by atomic mass is 35.5. The van der Waals surface area contributed by atoms with E-state index in [1.165, 1.54) is 0 Å². The molecule has 6 heteroatoms. The molecule has 2 aromatic rings. The molecule has 0 radical (unpaired) electrons. The smallest absolute Gasteiger partial charge is 0.291 e. The van der Waals surface area contributed by atoms with Crippen molar-refractivity contribution in [2.24, 2.45) is 0 Å². The lowest BCUT2D eigenvalue weighted by molar-refractivity contribution is 0.0451. The van der Waals surface area contributed by atoms with E-state index in [1.54, 1.807) is 4.90 Å². The molecule has 1 aromatic carbocycles. The van der Waals surface area contributed by atoms with Gasteiger partial charge in [0.1, 0.15) is 5.58 Å². The normalized spacial score (nSPS) is 17.6. The molecule has 0 aliphatic carbocycles. The average molecular weight is 337 g/mol. The second-order valence-electron chi connectivity index (χ2n) is 5.81. The number of para-hydroxylation sites is 1. The van der Waals surface area contributed by atoms with Crippen LogP contribution in [-0.2, 0) is 0 Å². The van der Waals surface area contributed by atoms with E-state index in [1.807, 2.05) is 24.3 Å². The summed E-state index contributed by atoms with van der Waals surface area (Å²) in [5.74, 6) is 0.0541. The maximum Gasteiger partial charge on any atom is 0.291 e. The zero-order chi connectivity index (χ0) is 16.4. The summed E-state index contributed by atoms with van der Waals surface area (Å²) in [5.41, 5.74) is 0.630. The fourth-order valence-corrected chi connectivity index (χ4v) is 3.36. The second kappa shape index (κ2) is 6.91. The Labute approximate surface area is 140 Å². The van der Waals surface area contributed by atoms with Gasteiger partial charge < -0.3 is 14.4 Å². The van der Waals surface area contributed by atoms with E-state index >= 15 is 0 Å². The monoisotopic (exact) mass is 336 g/mol. The number of hydrogen-bond donors (Lipinski definition) is 1. The van der Waals surface area contributed by atoms with Crippen LogP contribution in [0.4, 0.5) is 0 Å². The SMILES string of the molecule is CCC(CO)N1CCN(C(=O)c2oc3ccccc3c2Cl)CC1. The fourth-order valence-electron chi connectivity index (χ4n) is 3.09. The molecule has 1 aliphatic heterocycles. The van der Waals surface area contributed by atoms with Crippen molar-refractivity contribution in [3.8, 4) is 0 Å². The number of aliphatic hydroxyl groups is 1. The Morgan fingerprint density at radius 3 is 2.61 bits per heavy atom. The first kappa shape index (κ1) is 16.3. The number of aliphatic hydroxyl groups excluding tert-OH is 1. The highest BCUT2D eigenvalue weighted by Gasteiger charge is 2.29. The lowest BCUT2D eigenvalue weighted by Crippen LogP contribution is -2.52. The molecule has 1 aromatic heterocycles. The minimum absolute atomic E-state index is 0.153. The topological polar surface area (TPSA) is 56.9 Å². The van der Waals surface area contributed by atoms with Crippen molar-refractivity contribution >= 4 is 28.5 Å². The molecule has 0 spiro atoms. The van der Waals surface area contributed by atoms with E-state index in [0.717, 1.165) is 24.9 Å². The second-order valence-corrected chi connectivity index (χ2v) is 6.19. The van der Waals surface area contributed by atoms with Crippen molar-refractivity contribution in [1.82, 2.24) is 9.80 Å². The lowest BCUT2D eigenvalue weighted by atomic mass is 10.1. The number of nitrogens with zero attached hydrogens (tertiary/aromatic N) is 2. The summed E-state index contributed by atoms with van der Waals surface area (Å²) in [6.07, 6.45) is 0.903. The summed E-state index contributed by atoms with van der Waals surface area (Å²) in [5, 5.41) is 10.5. The van der Waals surface area contributed by atoms with Crippen LogP contribution in [-0.4, -0.2) is 59.6 Å². The van der Waals surface area contributed by atoms with Crippen LogP contribution in [0.2, 0.25) is 5.02 Å². The van der Waals surface area contributed by atoms with Gasteiger partial charge in [0.15, 0.2) is 0 Å². The number of fused-ring (bicyclic) bond motifs is 1. The molecule has 1 atom stereocenters. The van der Waals surface area contributed by atoms with Gasteiger partial charge in [0.25, 0.3) is 5.91 Å². The standard InChI is InChI=1S/C17H21ClN2O3/c1-2-12(11-21)19-7-9-20(10-8-19)17(22)16-15(18)13-5-3-4-6-14(13)23-16/h3-6,12,21H,2,7-11H2,1H3. The average Bonchev–Trinajstić information content (AvgIpc) is 2.93. The molecule has 1 fully saturated rings. The Hall–Kier alpha value is -1.56. The molecule has 1 N–H and O–H groups in total. The Balaban J connectivity index is 1.73. The first-order valence-electron chi connectivity index (χ1n) is 7.97. The van der Waals surface area contributed by atoms with Gasteiger partial charge in [-0.15, -0.1) is 0 Å². The van der Waals surface area contributed by atoms with Crippen LogP contribution < -0.4 is 0 Å². The van der Waals surface area contributed by atoms with Gasteiger partial charge in [-0.2, -0.15) is 0 Å². The Bertz CT molecular complexity index is 688. The van der Waals surface area contributed by atoms with Gasteiger partial charge in [0.2, 0.25) is 5.76 Å². The molecule has 1 amide bonds. The van der Waals surface area contributed by atoms with E-state index < -0.39 is 0 Å². The van der Waals surface area contributed by atoms with Crippen molar-refractivity contribution in [2.45, 2.75) is 19.4 Å². The molecule has 23 heavy (non-hydrogen) atoms. The number of carbonyl (C=O) groups excluding carboxylic acids is 1. The largest absolute Gasteiger partial charge is 0.449 e. The van der Waals surface area contributed by atoms with Gasteiger partial charge in [-0.25, -0.2) is 0 Å². The van der Waals surface area contributed by atoms with Crippen LogP contribution in [0.5, 0.6) is 0 Å². The summed E-state index contributed by atoms with van der Waals surface area (Å²) in [4.78, 5) is 16.7. The Kier molecular flexibility index (Phi) is 4.90. The predicted octanol–water partition coefficient (Wildman–Crippen LogP) is 2.61. The van der Waals surface area contributed by atoms with E-state index in [9.17, 15) is 9.90 Å². The van der Waals surface area contributed by atoms with Crippen molar-refractivity contribution in [1.29, 1.82) is 0 Å². The van der Waals surface area contributed by atoms with Crippen molar-refractivity contribution in [3.63, 3.8) is 0 Å². The molecule has 1 aliphatic rings. The number of hydrogen-bond acceptors (Lipinski definition) is 4. The van der Waals surface area contributed by atoms with Crippen LogP contribution >= 0.6 is 11.6 Å². The van der Waals surface area contributed by atoms with Crippen LogP contribution in [0.25, 0.3) is 11.0 Å². The number of amides is 1. The third-order valence-electron chi connectivity index (χ3n) is 4.53. The van der Waals surface area contributed by atoms with E-state index in [-0.39, 0.29) is 24.3 Å². The number of halogens is 1. The molecule has 3 rings (SSSR count). The van der Waals surface area contributed by atoms with Crippen LogP contribution in [0.3, 0.4) is 0 Å². The highest BCUT2D eigenvalue weighted by molar-refractivity contribution is 6.38. The van der Waals surface area contributed by atoms with Crippen molar-refractivity contribution in [3.05, 3.63) is 35.0 Å². The summed E-state index contributed by atoms with van der Waals surface area (Å²) in [6, 6.07) is 7.55. The fraction of sp³-hybridized carbons (Fsp3) is 0.471. The highest BCUT2D eigenvalue weighted by Crippen LogP contribution is 2.31. The zero-order valence-corrected chi connectivity index (χ0v) is 13.9. The van der Waals surface area contributed by atoms with Gasteiger partial charge >= 0.3 is 0 Å². The molecule has 1 unspecified atom stereocenters. The third kappa shape index (κ3) is 3.09. The molecular weight excluding hydrogens is 316 g/mol. The van der Waals surface area contributed by atoms with Gasteiger partial charge in [0, 0.05) is 37.6 Å². The van der Waals surface area contributed by atoms with E-state index in [0.29, 0.717) is 23.7 Å². The van der Waals surface area contributed by atoms with Crippen LogP contribution in [0.1, 0.15) is 23.9 Å². The molecule has 1 saturated heterocycles. The quantitative estimate of drug-likeness (QED) is 0.932. The van der Waals surface area contributed by atoms with Crippen molar-refractivity contribution < 1.29 is 14.3 Å². The van der Waals surface area contributed by atoms with E-state index in [2.05, 4.69) is 11.8 Å². The van der Waals surface area contributed by atoms with Crippen molar-refractivity contribution in [2.75, 3.05) is 32.8 Å². The van der Waals surface area contributed by atoms with Crippen LogP contribution in [0.15, 0.2) is 28.7 Å². The maximum atomic E-state index is 12.7. The minimum Gasteiger partial charge on any atom is -0.449 e. The zero-order valence-electron chi connectivity index (χ0n) is 13.2. The van der Waals surface area contributed by atoms with Gasteiger partial charge in [-0.05, 0) is 18.6 Å². The lowest BCUT2D eigenvalue weighted by Gasteiger charge is -2.38. The first-order chi connectivity index (χ1) is 11.2. The van der Waals surface area contributed by atoms with E-state index in [4.69, 9.17) is 16.0 Å². The number of carbonyl (C=O) groups is 1. The summed E-state index contributed by atoms with van der Waals surface area (Å²) < 4.78 is 5.65. The molecule has 0 saturated carbocycles. The number of rotatable bonds is 4. The van der Waals surface area contributed by atoms with Gasteiger partial charge in [-0.3, -0.25) is 9.69 Å². The third-order valence-corrected chi connectivity index (χ3v) is 4.90. The Morgan fingerprint density at radius 2 is 2.00 bits per heavy atom. The molecule has 5 nitrogen and oxygen atoms in total. The Morgan fingerprint density at radius 1 is 1.30 bits per heavy atom. The van der Waals surface area contributed by atoms with Gasteiger partial charge in [-0.1, -0.05) is 30.7 Å². The molecule has 0 bridgehead atoms. The molecular formula is C17H21ClN2O3.